The molecule has 0 bridgehead atoms. The summed E-state index contributed by atoms with van der Waals surface area (Å²) < 4.78 is 11.1. The van der Waals surface area contributed by atoms with E-state index >= 15 is 0 Å². The van der Waals surface area contributed by atoms with Crippen LogP contribution in [-0.4, -0.2) is 65.7 Å². The highest BCUT2D eigenvalue weighted by atomic mass is 16.5. The molecule has 1 fully saturated rings. The second-order valence-corrected chi connectivity index (χ2v) is 11.4. The number of carbonyl (C=O) groups is 2. The fraction of sp³-hybridized carbons (Fsp3) is 0.344. The van der Waals surface area contributed by atoms with Crippen LogP contribution in [0.1, 0.15) is 43.2 Å². The minimum absolute atomic E-state index is 0.0271. The average Bonchev–Trinajstić information content (AvgIpc) is 3.04. The molecule has 3 heterocycles. The van der Waals surface area contributed by atoms with Gasteiger partial charge in [-0.25, -0.2) is 0 Å². The fourth-order valence-electron chi connectivity index (χ4n) is 4.51. The van der Waals surface area contributed by atoms with Crippen molar-refractivity contribution in [3.63, 3.8) is 0 Å². The number of aromatic nitrogens is 1. The zero-order chi connectivity index (χ0) is 29.6. The van der Waals surface area contributed by atoms with Crippen molar-refractivity contribution in [1.82, 2.24) is 9.88 Å². The van der Waals surface area contributed by atoms with Gasteiger partial charge in [0.25, 0.3) is 5.91 Å². The van der Waals surface area contributed by atoms with Gasteiger partial charge in [0.05, 0.1) is 18.7 Å². The van der Waals surface area contributed by atoms with E-state index in [-0.39, 0.29) is 17.0 Å². The number of primary amides is 1. The van der Waals surface area contributed by atoms with Gasteiger partial charge in [0.1, 0.15) is 22.9 Å². The number of benzene rings is 2. The Kier molecular flexibility index (Phi) is 8.96. The number of nitrogens with zero attached hydrogens (tertiary/aromatic N) is 3. The Morgan fingerprint density at radius 3 is 2.54 bits per heavy atom. The van der Waals surface area contributed by atoms with Crippen molar-refractivity contribution in [2.24, 2.45) is 11.1 Å². The first kappa shape index (κ1) is 29.6. The Balaban J connectivity index is 0.000000208. The van der Waals surface area contributed by atoms with Gasteiger partial charge in [-0.1, -0.05) is 50.8 Å². The predicted molar refractivity (Wildman–Crippen MR) is 157 cm³/mol. The highest BCUT2D eigenvalue weighted by Crippen LogP contribution is 2.32. The molecule has 3 aromatic rings. The summed E-state index contributed by atoms with van der Waals surface area (Å²) in [5, 5.41) is 10.5. The number of pyridine rings is 1. The van der Waals surface area contributed by atoms with Gasteiger partial charge >= 0.3 is 0 Å². The molecule has 9 heteroatoms. The van der Waals surface area contributed by atoms with Gasteiger partial charge in [0, 0.05) is 44.5 Å². The van der Waals surface area contributed by atoms with Crippen LogP contribution < -0.4 is 20.1 Å². The molecule has 2 amide bonds. The smallest absolute Gasteiger partial charge is 0.267 e. The van der Waals surface area contributed by atoms with Crippen molar-refractivity contribution < 1.29 is 24.2 Å². The number of hydrogen-bond donors (Lipinski definition) is 2. The van der Waals surface area contributed by atoms with Crippen molar-refractivity contribution in [2.45, 2.75) is 32.8 Å². The summed E-state index contributed by atoms with van der Waals surface area (Å²) in [6.07, 6.45) is 1.86. The van der Waals surface area contributed by atoms with Crippen molar-refractivity contribution >= 4 is 17.5 Å². The molecule has 3 N–H and O–H groups in total. The van der Waals surface area contributed by atoms with Gasteiger partial charge in [0.2, 0.25) is 5.91 Å². The molecule has 2 aliphatic rings. The summed E-state index contributed by atoms with van der Waals surface area (Å²) >= 11 is 0. The molecule has 9 nitrogen and oxygen atoms in total. The third-order valence-electron chi connectivity index (χ3n) is 6.34. The average molecular weight is 557 g/mol. The van der Waals surface area contributed by atoms with Crippen LogP contribution in [0.25, 0.3) is 0 Å². The zero-order valence-corrected chi connectivity index (χ0v) is 23.9. The molecule has 0 saturated carbocycles. The number of ether oxygens (including phenoxy) is 2. The van der Waals surface area contributed by atoms with E-state index in [4.69, 9.17) is 15.2 Å². The van der Waals surface area contributed by atoms with E-state index in [0.29, 0.717) is 43.4 Å². The Labute approximate surface area is 240 Å². The number of fused-ring (bicyclic) bond motifs is 1. The number of likely N-dealkylation sites (tertiary alicyclic amines) is 1. The number of carbonyl (C=O) groups excluding carboxylic acids is 2. The lowest BCUT2D eigenvalue weighted by molar-refractivity contribution is -0.118. The maximum absolute atomic E-state index is 12.0. The molecule has 0 atom stereocenters. The van der Waals surface area contributed by atoms with Crippen LogP contribution in [0.15, 0.2) is 66.9 Å². The van der Waals surface area contributed by atoms with Crippen molar-refractivity contribution in [3.8, 4) is 29.1 Å². The first-order chi connectivity index (χ1) is 19.4. The number of para-hydroxylation sites is 1. The quantitative estimate of drug-likeness (QED) is 0.469. The summed E-state index contributed by atoms with van der Waals surface area (Å²) in [6.45, 7) is 9.04. The van der Waals surface area contributed by atoms with Crippen LogP contribution >= 0.6 is 0 Å². The maximum atomic E-state index is 12.0. The number of hydrogen-bond acceptors (Lipinski definition) is 7. The Morgan fingerprint density at radius 2 is 1.85 bits per heavy atom. The monoisotopic (exact) mass is 556 g/mol. The summed E-state index contributed by atoms with van der Waals surface area (Å²) in [6, 6.07) is 18.0. The van der Waals surface area contributed by atoms with Gasteiger partial charge in [0.15, 0.2) is 5.60 Å². The molecular weight excluding hydrogens is 520 g/mol. The van der Waals surface area contributed by atoms with Crippen LogP contribution in [0.5, 0.6) is 17.2 Å². The zero-order valence-electron chi connectivity index (χ0n) is 23.9. The molecule has 1 aromatic heterocycles. The molecule has 1 saturated heterocycles. The highest BCUT2D eigenvalue weighted by molar-refractivity contribution is 5.95. The van der Waals surface area contributed by atoms with E-state index in [0.717, 1.165) is 17.8 Å². The molecule has 214 valence electrons. The molecule has 0 unspecified atom stereocenters. The first-order valence-corrected chi connectivity index (χ1v) is 13.4. The highest BCUT2D eigenvalue weighted by Gasteiger charge is 2.40. The Morgan fingerprint density at radius 1 is 1.12 bits per heavy atom. The van der Waals surface area contributed by atoms with Gasteiger partial charge in [-0.2, -0.15) is 0 Å². The number of β-amino-alcohol motifs (C(OH)–C–C–N with tert-alkyl or cyclic N) is 1. The van der Waals surface area contributed by atoms with Crippen molar-refractivity contribution in [3.05, 3.63) is 78.1 Å². The van der Waals surface area contributed by atoms with Gasteiger partial charge in [-0.3, -0.25) is 19.5 Å². The van der Waals surface area contributed by atoms with E-state index < -0.39 is 11.5 Å². The lowest BCUT2D eigenvalue weighted by atomic mass is 9.89. The summed E-state index contributed by atoms with van der Waals surface area (Å²) in [5.74, 6) is 7.44. The topological polar surface area (TPSA) is 118 Å². The van der Waals surface area contributed by atoms with Crippen LogP contribution in [0.3, 0.4) is 0 Å². The normalized spacial score (nSPS) is 15.9. The number of aliphatic hydroxyl groups is 1. The first-order valence-electron chi connectivity index (χ1n) is 13.4. The molecule has 2 aliphatic heterocycles. The predicted octanol–water partition coefficient (Wildman–Crippen LogP) is 3.85. The SMILES string of the molecule is CN1C(=O)CCOc2ccc(C#CC3(O)CN(CC(C)(C)C)C3)cc21.NC(=O)c1cc(Oc2ccccc2)ccn1. The van der Waals surface area contributed by atoms with E-state index in [2.05, 4.69) is 42.5 Å². The third-order valence-corrected chi connectivity index (χ3v) is 6.34. The van der Waals surface area contributed by atoms with Gasteiger partial charge in [-0.15, -0.1) is 0 Å². The van der Waals surface area contributed by atoms with Crippen LogP contribution in [0.2, 0.25) is 0 Å². The minimum Gasteiger partial charge on any atom is -0.491 e. The molecule has 2 aromatic carbocycles. The fourth-order valence-corrected chi connectivity index (χ4v) is 4.51. The van der Waals surface area contributed by atoms with Crippen LogP contribution in [-0.2, 0) is 4.79 Å². The van der Waals surface area contributed by atoms with Crippen LogP contribution in [0, 0.1) is 17.3 Å². The lowest BCUT2D eigenvalue weighted by Gasteiger charge is -2.45. The summed E-state index contributed by atoms with van der Waals surface area (Å²) in [7, 11) is 1.75. The third kappa shape index (κ3) is 8.30. The Bertz CT molecular complexity index is 1450. The molecule has 41 heavy (non-hydrogen) atoms. The number of nitrogens with two attached hydrogens (primary N) is 1. The van der Waals surface area contributed by atoms with E-state index in [9.17, 15) is 14.7 Å². The standard InChI is InChI=1S/C20H26N2O3.C12H10N2O2/c1-19(2,3)12-22-13-20(24,14-22)9-7-15-5-6-17-16(11-15)21(4)18(23)8-10-25-17;13-12(15)11-8-10(6-7-14-11)16-9-4-2-1-3-5-9/h5-6,11,24H,8,10,12-14H2,1-4H3;1-8H,(H2,13,15). The lowest BCUT2D eigenvalue weighted by Crippen LogP contribution is -2.62. The summed E-state index contributed by atoms with van der Waals surface area (Å²) in [5.41, 5.74) is 6.07. The molecule has 0 radical (unpaired) electrons. The number of amides is 2. The van der Waals surface area contributed by atoms with Crippen molar-refractivity contribution in [2.75, 3.05) is 38.2 Å². The molecule has 5 rings (SSSR count). The molecule has 0 spiro atoms. The van der Waals surface area contributed by atoms with Crippen LogP contribution in [0.4, 0.5) is 5.69 Å². The Hall–Kier alpha value is -4.39. The molecule has 0 aliphatic carbocycles. The summed E-state index contributed by atoms with van der Waals surface area (Å²) in [4.78, 5) is 30.5. The largest absolute Gasteiger partial charge is 0.491 e. The minimum atomic E-state index is -0.948. The second-order valence-electron chi connectivity index (χ2n) is 11.4. The van der Waals surface area contributed by atoms with Gasteiger partial charge in [-0.05, 0) is 41.8 Å². The number of rotatable bonds is 4. The van der Waals surface area contributed by atoms with E-state index in [1.165, 1.54) is 12.3 Å². The van der Waals surface area contributed by atoms with Gasteiger partial charge < -0.3 is 25.2 Å². The maximum Gasteiger partial charge on any atom is 0.267 e. The second kappa shape index (κ2) is 12.4. The number of anilines is 1. The van der Waals surface area contributed by atoms with E-state index in [1.54, 1.807) is 18.0 Å². The van der Waals surface area contributed by atoms with E-state index in [1.807, 2.05) is 48.5 Å². The van der Waals surface area contributed by atoms with Crippen molar-refractivity contribution in [1.29, 1.82) is 0 Å². The molecular formula is C32H36N4O5.